The highest BCUT2D eigenvalue weighted by Gasteiger charge is 2.48. The number of nitrogens with two attached hydrogens (primary N) is 1. The van der Waals surface area contributed by atoms with E-state index in [0.717, 1.165) is 4.90 Å². The zero-order valence-electron chi connectivity index (χ0n) is 10.1. The summed E-state index contributed by atoms with van der Waals surface area (Å²) >= 11 is 0. The molecule has 2 aliphatic heterocycles. The quantitative estimate of drug-likeness (QED) is 0.360. The van der Waals surface area contributed by atoms with Gasteiger partial charge in [-0.2, -0.15) is 0 Å². The number of ether oxygens (including phenoxy) is 1. The number of imide groups is 1. The van der Waals surface area contributed by atoms with E-state index in [1.54, 1.807) is 0 Å². The molecule has 0 spiro atoms. The van der Waals surface area contributed by atoms with Gasteiger partial charge in [-0.15, -0.1) is 0 Å². The van der Waals surface area contributed by atoms with Crippen LogP contribution in [0, 0.1) is 5.92 Å². The molecular weight excluding hydrogens is 258 g/mol. The number of rotatable bonds is 3. The molecule has 3 amide bonds. The van der Waals surface area contributed by atoms with Crippen molar-refractivity contribution in [3.8, 4) is 0 Å². The fourth-order valence-electron chi connectivity index (χ4n) is 2.22. The molecule has 2 rings (SSSR count). The minimum atomic E-state index is -1.35. The maximum Gasteiger partial charge on any atom is 0.326 e. The molecule has 2 fully saturated rings. The van der Waals surface area contributed by atoms with Crippen LogP contribution in [0.4, 0.5) is 4.79 Å². The summed E-state index contributed by atoms with van der Waals surface area (Å²) in [5.41, 5.74) is 5.42. The fourth-order valence-corrected chi connectivity index (χ4v) is 2.22. The van der Waals surface area contributed by atoms with Gasteiger partial charge in [-0.1, -0.05) is 0 Å². The number of nitrogens with zero attached hydrogens (tertiary/aromatic N) is 1. The maximum atomic E-state index is 11.7. The minimum absolute atomic E-state index is 0.00619. The van der Waals surface area contributed by atoms with Gasteiger partial charge in [0.2, 0.25) is 5.91 Å². The Morgan fingerprint density at radius 1 is 1.37 bits per heavy atom. The number of urea groups is 1. The molecule has 0 aromatic carbocycles. The van der Waals surface area contributed by atoms with Crippen LogP contribution in [0.15, 0.2) is 0 Å². The Morgan fingerprint density at radius 3 is 2.58 bits per heavy atom. The third kappa shape index (κ3) is 2.42. The second-order valence-electron chi connectivity index (χ2n) is 4.61. The van der Waals surface area contributed by atoms with Crippen LogP contribution in [-0.2, 0) is 9.53 Å². The van der Waals surface area contributed by atoms with Gasteiger partial charge in [0.25, 0.3) is 0 Å². The summed E-state index contributed by atoms with van der Waals surface area (Å²) in [7, 11) is 0. The first-order valence-corrected chi connectivity index (χ1v) is 5.93. The van der Waals surface area contributed by atoms with Crippen molar-refractivity contribution in [3.63, 3.8) is 0 Å². The summed E-state index contributed by atoms with van der Waals surface area (Å²) in [5.74, 6) is -1.07. The largest absolute Gasteiger partial charge is 0.394 e. The first-order valence-electron chi connectivity index (χ1n) is 5.93. The minimum Gasteiger partial charge on any atom is -0.394 e. The molecule has 0 aromatic heterocycles. The van der Waals surface area contributed by atoms with Crippen LogP contribution in [0.3, 0.4) is 0 Å². The number of aliphatic hydroxyl groups is 3. The average Bonchev–Trinajstić information content (AvgIpc) is 2.67. The molecule has 0 aromatic rings. The third-order valence-electron chi connectivity index (χ3n) is 3.39. The Labute approximate surface area is 108 Å². The Balaban J connectivity index is 2.13. The van der Waals surface area contributed by atoms with Crippen molar-refractivity contribution < 1.29 is 29.6 Å². The lowest BCUT2D eigenvalue weighted by molar-refractivity contribution is -0.131. The molecule has 9 heteroatoms. The van der Waals surface area contributed by atoms with Gasteiger partial charge in [-0.3, -0.25) is 15.0 Å². The number of hydrogen-bond donors (Lipinski definition) is 5. The van der Waals surface area contributed by atoms with Gasteiger partial charge in [0.1, 0.15) is 18.3 Å². The van der Waals surface area contributed by atoms with Crippen molar-refractivity contribution in [2.75, 3.05) is 19.7 Å². The van der Waals surface area contributed by atoms with Gasteiger partial charge in [0, 0.05) is 13.1 Å². The number of carbonyl (C=O) groups excluding carboxylic acids is 2. The number of hydrogen-bond acceptors (Lipinski definition) is 7. The predicted molar refractivity (Wildman–Crippen MR) is 60.5 cm³/mol. The van der Waals surface area contributed by atoms with Gasteiger partial charge in [-0.05, 0) is 0 Å². The summed E-state index contributed by atoms with van der Waals surface area (Å²) < 4.78 is 5.24. The van der Waals surface area contributed by atoms with Crippen molar-refractivity contribution in [3.05, 3.63) is 0 Å². The highest BCUT2D eigenvalue weighted by molar-refractivity contribution is 5.98. The smallest absolute Gasteiger partial charge is 0.326 e. The van der Waals surface area contributed by atoms with E-state index in [0.29, 0.717) is 0 Å². The van der Waals surface area contributed by atoms with Crippen molar-refractivity contribution in [1.29, 1.82) is 0 Å². The highest BCUT2D eigenvalue weighted by atomic mass is 16.6. The van der Waals surface area contributed by atoms with Crippen molar-refractivity contribution in [2.45, 2.75) is 24.5 Å². The first kappa shape index (κ1) is 14.2. The standard InChI is InChI=1S/C10H17N3O6/c11-1-4-2-13(10(18)12-8(4)17)9-7(16)6(15)5(3-14)19-9/h4-7,9,14-16H,1-3,11H2,(H,12,17,18)/t4?,5-,6-,7-,9-/m1/s1. The molecule has 0 saturated carbocycles. The van der Waals surface area contributed by atoms with E-state index >= 15 is 0 Å². The van der Waals surface area contributed by atoms with E-state index in [2.05, 4.69) is 5.32 Å². The van der Waals surface area contributed by atoms with E-state index in [1.165, 1.54) is 0 Å². The second kappa shape index (κ2) is 5.39. The summed E-state index contributed by atoms with van der Waals surface area (Å²) in [4.78, 5) is 24.2. The molecular formula is C10H17N3O6. The monoisotopic (exact) mass is 275 g/mol. The lowest BCUT2D eigenvalue weighted by Gasteiger charge is -2.36. The topological polar surface area (TPSA) is 145 Å². The lowest BCUT2D eigenvalue weighted by atomic mass is 10.1. The van der Waals surface area contributed by atoms with Crippen molar-refractivity contribution >= 4 is 11.9 Å². The van der Waals surface area contributed by atoms with E-state index in [-0.39, 0.29) is 13.1 Å². The number of nitrogens with one attached hydrogen (secondary N) is 1. The molecule has 0 radical (unpaired) electrons. The zero-order chi connectivity index (χ0) is 14.2. The van der Waals surface area contributed by atoms with Gasteiger partial charge in [-0.25, -0.2) is 4.79 Å². The zero-order valence-corrected chi connectivity index (χ0v) is 10.1. The molecule has 2 heterocycles. The fraction of sp³-hybridized carbons (Fsp3) is 0.800. The Kier molecular flexibility index (Phi) is 4.02. The number of carbonyl (C=O) groups is 2. The molecule has 6 N–H and O–H groups in total. The predicted octanol–water partition coefficient (Wildman–Crippen LogP) is -3.45. The van der Waals surface area contributed by atoms with Crippen LogP contribution in [0.5, 0.6) is 0 Å². The Bertz CT molecular complexity index is 378. The van der Waals surface area contributed by atoms with Gasteiger partial charge < -0.3 is 25.8 Å². The lowest BCUT2D eigenvalue weighted by Crippen LogP contribution is -2.61. The SMILES string of the molecule is NCC1CN([C@@H]2O[C@H](CO)[C@@H](O)[C@H]2O)C(=O)NC1=O. The van der Waals surface area contributed by atoms with Crippen molar-refractivity contribution in [1.82, 2.24) is 10.2 Å². The van der Waals surface area contributed by atoms with Gasteiger partial charge in [0.15, 0.2) is 6.23 Å². The normalized spacial score (nSPS) is 39.6. The highest BCUT2D eigenvalue weighted by Crippen LogP contribution is 2.25. The molecule has 19 heavy (non-hydrogen) atoms. The summed E-state index contributed by atoms with van der Waals surface area (Å²) in [5, 5.41) is 30.6. The summed E-state index contributed by atoms with van der Waals surface area (Å²) in [6.07, 6.45) is -4.73. The Morgan fingerprint density at radius 2 is 2.05 bits per heavy atom. The van der Waals surface area contributed by atoms with Gasteiger partial charge >= 0.3 is 6.03 Å². The van der Waals surface area contributed by atoms with Crippen LogP contribution in [0.2, 0.25) is 0 Å². The number of amides is 3. The molecule has 0 bridgehead atoms. The van der Waals surface area contributed by atoms with E-state index < -0.39 is 49.0 Å². The summed E-state index contributed by atoms with van der Waals surface area (Å²) in [6, 6.07) is -0.718. The molecule has 5 atom stereocenters. The summed E-state index contributed by atoms with van der Waals surface area (Å²) in [6.45, 7) is -0.443. The molecule has 2 aliphatic rings. The van der Waals surface area contributed by atoms with Crippen LogP contribution in [0.25, 0.3) is 0 Å². The molecule has 2 saturated heterocycles. The third-order valence-corrected chi connectivity index (χ3v) is 3.39. The maximum absolute atomic E-state index is 11.7. The van der Waals surface area contributed by atoms with Crippen LogP contribution in [-0.4, -0.2) is 76.4 Å². The van der Waals surface area contributed by atoms with E-state index in [9.17, 15) is 19.8 Å². The van der Waals surface area contributed by atoms with Crippen LogP contribution in [0.1, 0.15) is 0 Å². The molecule has 1 unspecified atom stereocenters. The molecule has 9 nitrogen and oxygen atoms in total. The van der Waals surface area contributed by atoms with E-state index in [4.69, 9.17) is 15.6 Å². The second-order valence-corrected chi connectivity index (χ2v) is 4.61. The number of aliphatic hydroxyl groups excluding tert-OH is 3. The van der Waals surface area contributed by atoms with Crippen LogP contribution >= 0.6 is 0 Å². The van der Waals surface area contributed by atoms with Crippen LogP contribution < -0.4 is 11.1 Å². The van der Waals surface area contributed by atoms with Gasteiger partial charge in [0.05, 0.1) is 12.5 Å². The molecule has 0 aliphatic carbocycles. The van der Waals surface area contributed by atoms with Crippen molar-refractivity contribution in [2.24, 2.45) is 11.7 Å². The Hall–Kier alpha value is -1.26. The molecule has 108 valence electrons. The average molecular weight is 275 g/mol. The first-order chi connectivity index (χ1) is 8.99. The van der Waals surface area contributed by atoms with E-state index in [1.807, 2.05) is 0 Å².